The molecular formula is C22H33NO3. The quantitative estimate of drug-likeness (QED) is 0.446. The lowest BCUT2D eigenvalue weighted by atomic mass is 10.1. The van der Waals surface area contributed by atoms with Crippen molar-refractivity contribution in [2.75, 3.05) is 26.4 Å². The van der Waals surface area contributed by atoms with E-state index in [-0.39, 0.29) is 0 Å². The highest BCUT2D eigenvalue weighted by molar-refractivity contribution is 5.86. The Morgan fingerprint density at radius 2 is 1.54 bits per heavy atom. The van der Waals surface area contributed by atoms with Crippen molar-refractivity contribution in [3.05, 3.63) is 35.5 Å². The van der Waals surface area contributed by atoms with E-state index in [1.807, 2.05) is 18.2 Å². The number of fused-ring (bicyclic) bond motifs is 1. The van der Waals surface area contributed by atoms with Gasteiger partial charge in [0.15, 0.2) is 0 Å². The molecule has 26 heavy (non-hydrogen) atoms. The number of nitrogens with zero attached hydrogens (tertiary/aromatic N) is 1. The summed E-state index contributed by atoms with van der Waals surface area (Å²) in [5, 5.41) is 1.08. The molecule has 0 saturated heterocycles. The van der Waals surface area contributed by atoms with E-state index in [0.717, 1.165) is 73.4 Å². The summed E-state index contributed by atoms with van der Waals surface area (Å²) in [6.45, 7) is 9.96. The zero-order valence-corrected chi connectivity index (χ0v) is 16.6. The molecule has 2 aromatic rings. The van der Waals surface area contributed by atoms with Crippen LogP contribution in [0.25, 0.3) is 10.9 Å². The lowest BCUT2D eigenvalue weighted by Gasteiger charge is -2.15. The largest absolute Gasteiger partial charge is 0.493 e. The Hall–Kier alpha value is -1.65. The molecule has 1 aromatic heterocycles. The van der Waals surface area contributed by atoms with E-state index >= 15 is 0 Å². The van der Waals surface area contributed by atoms with Crippen LogP contribution in [0.5, 0.6) is 5.75 Å². The number of pyridine rings is 1. The molecule has 0 aliphatic heterocycles. The van der Waals surface area contributed by atoms with E-state index in [0.29, 0.717) is 13.2 Å². The van der Waals surface area contributed by atoms with Crippen LogP contribution in [0.15, 0.2) is 24.3 Å². The fraction of sp³-hybridized carbons (Fsp3) is 0.591. The first-order valence-electron chi connectivity index (χ1n) is 9.94. The van der Waals surface area contributed by atoms with Gasteiger partial charge in [0.25, 0.3) is 0 Å². The van der Waals surface area contributed by atoms with Crippen molar-refractivity contribution >= 4 is 10.9 Å². The second-order valence-electron chi connectivity index (χ2n) is 6.60. The van der Waals surface area contributed by atoms with E-state index in [2.05, 4.69) is 26.8 Å². The highest BCUT2D eigenvalue weighted by Gasteiger charge is 2.13. The lowest BCUT2D eigenvalue weighted by Crippen LogP contribution is -2.07. The topological polar surface area (TPSA) is 40.6 Å². The molecule has 0 spiro atoms. The van der Waals surface area contributed by atoms with Gasteiger partial charge < -0.3 is 14.2 Å². The summed E-state index contributed by atoms with van der Waals surface area (Å²) in [5.74, 6) is 0.950. The van der Waals surface area contributed by atoms with Crippen LogP contribution < -0.4 is 4.74 Å². The summed E-state index contributed by atoms with van der Waals surface area (Å²) in [6.07, 6.45) is 5.39. The summed E-state index contributed by atoms with van der Waals surface area (Å²) < 4.78 is 17.5. The minimum Gasteiger partial charge on any atom is -0.493 e. The van der Waals surface area contributed by atoms with Crippen molar-refractivity contribution in [1.29, 1.82) is 0 Å². The Morgan fingerprint density at radius 1 is 0.846 bits per heavy atom. The van der Waals surface area contributed by atoms with Crippen molar-refractivity contribution in [2.45, 2.75) is 59.5 Å². The molecule has 0 unspecified atom stereocenters. The molecule has 4 heteroatoms. The first kappa shape index (κ1) is 20.7. The lowest BCUT2D eigenvalue weighted by molar-refractivity contribution is 0.0733. The molecule has 0 N–H and O–H groups in total. The van der Waals surface area contributed by atoms with Gasteiger partial charge in [-0.2, -0.15) is 0 Å². The third-order valence-electron chi connectivity index (χ3n) is 4.38. The summed E-state index contributed by atoms with van der Waals surface area (Å²) >= 11 is 0. The molecule has 0 bridgehead atoms. The van der Waals surface area contributed by atoms with Crippen molar-refractivity contribution in [3.8, 4) is 5.75 Å². The zero-order valence-electron chi connectivity index (χ0n) is 16.6. The first-order chi connectivity index (χ1) is 12.8. The number of hydrogen-bond donors (Lipinski definition) is 0. The Balaban J connectivity index is 1.95. The van der Waals surface area contributed by atoms with Crippen LogP contribution in [0.1, 0.15) is 57.2 Å². The minimum atomic E-state index is 0.510. The van der Waals surface area contributed by atoms with Crippen LogP contribution in [0, 0.1) is 6.92 Å². The van der Waals surface area contributed by atoms with Crippen molar-refractivity contribution in [1.82, 2.24) is 4.98 Å². The highest BCUT2D eigenvalue weighted by Crippen LogP contribution is 2.30. The second-order valence-corrected chi connectivity index (χ2v) is 6.60. The fourth-order valence-corrected chi connectivity index (χ4v) is 2.75. The van der Waals surface area contributed by atoms with Gasteiger partial charge in [-0.15, -0.1) is 0 Å². The Morgan fingerprint density at radius 3 is 2.35 bits per heavy atom. The van der Waals surface area contributed by atoms with Crippen LogP contribution in [0.2, 0.25) is 0 Å². The summed E-state index contributed by atoms with van der Waals surface area (Å²) in [7, 11) is 0. The van der Waals surface area contributed by atoms with Gasteiger partial charge in [0.1, 0.15) is 5.75 Å². The van der Waals surface area contributed by atoms with Gasteiger partial charge >= 0.3 is 0 Å². The summed E-state index contributed by atoms with van der Waals surface area (Å²) in [5.41, 5.74) is 3.01. The smallest absolute Gasteiger partial charge is 0.133 e. The molecule has 0 amide bonds. The van der Waals surface area contributed by atoms with Crippen LogP contribution in [0.3, 0.4) is 0 Å². The second kappa shape index (κ2) is 11.9. The van der Waals surface area contributed by atoms with Gasteiger partial charge in [0.05, 0.1) is 24.4 Å². The van der Waals surface area contributed by atoms with E-state index in [1.54, 1.807) is 0 Å². The molecule has 0 radical (unpaired) electrons. The van der Waals surface area contributed by atoms with Gasteiger partial charge in [-0.3, -0.25) is 0 Å². The van der Waals surface area contributed by atoms with Crippen LogP contribution in [-0.2, 0) is 16.1 Å². The number of hydrogen-bond acceptors (Lipinski definition) is 4. The average Bonchev–Trinajstić information content (AvgIpc) is 2.66. The predicted molar refractivity (Wildman–Crippen MR) is 107 cm³/mol. The molecular weight excluding hydrogens is 326 g/mol. The molecule has 0 aliphatic rings. The Bertz CT molecular complexity index is 657. The van der Waals surface area contributed by atoms with Gasteiger partial charge in [-0.25, -0.2) is 4.98 Å². The minimum absolute atomic E-state index is 0.510. The average molecular weight is 360 g/mol. The Labute approximate surface area is 157 Å². The maximum atomic E-state index is 6.10. The SMILES string of the molecule is CCCCOCCCOCc1nc2ccccc2c(OCCCC)c1C. The van der Waals surface area contributed by atoms with Crippen LogP contribution in [0.4, 0.5) is 0 Å². The monoisotopic (exact) mass is 359 g/mol. The van der Waals surface area contributed by atoms with E-state index in [4.69, 9.17) is 19.2 Å². The van der Waals surface area contributed by atoms with Gasteiger partial charge in [0, 0.05) is 30.8 Å². The fourth-order valence-electron chi connectivity index (χ4n) is 2.75. The number of unbranched alkanes of at least 4 members (excludes halogenated alkanes) is 2. The zero-order chi connectivity index (χ0) is 18.6. The molecule has 144 valence electrons. The summed E-state index contributed by atoms with van der Waals surface area (Å²) in [6, 6.07) is 8.16. The molecule has 2 rings (SSSR count). The number of para-hydroxylation sites is 1. The Kier molecular flexibility index (Phi) is 9.43. The molecule has 1 aromatic carbocycles. The van der Waals surface area contributed by atoms with Gasteiger partial charge in [0.2, 0.25) is 0 Å². The van der Waals surface area contributed by atoms with Crippen molar-refractivity contribution in [3.63, 3.8) is 0 Å². The third kappa shape index (κ3) is 6.26. The number of aromatic nitrogens is 1. The van der Waals surface area contributed by atoms with Gasteiger partial charge in [-0.1, -0.05) is 38.8 Å². The predicted octanol–water partition coefficient (Wildman–Crippen LogP) is 5.45. The molecule has 0 fully saturated rings. The van der Waals surface area contributed by atoms with Gasteiger partial charge in [-0.05, 0) is 38.3 Å². The van der Waals surface area contributed by atoms with Crippen LogP contribution in [-0.4, -0.2) is 31.4 Å². The number of rotatable bonds is 13. The normalized spacial score (nSPS) is 11.2. The maximum absolute atomic E-state index is 6.10. The molecule has 0 aliphatic carbocycles. The van der Waals surface area contributed by atoms with Crippen molar-refractivity contribution < 1.29 is 14.2 Å². The van der Waals surface area contributed by atoms with Crippen LogP contribution >= 0.6 is 0 Å². The first-order valence-corrected chi connectivity index (χ1v) is 9.94. The molecule has 4 nitrogen and oxygen atoms in total. The number of benzene rings is 1. The maximum Gasteiger partial charge on any atom is 0.133 e. The molecule has 1 heterocycles. The van der Waals surface area contributed by atoms with E-state index in [1.165, 1.54) is 6.42 Å². The summed E-state index contributed by atoms with van der Waals surface area (Å²) in [4.78, 5) is 4.79. The van der Waals surface area contributed by atoms with E-state index in [9.17, 15) is 0 Å². The highest BCUT2D eigenvalue weighted by atomic mass is 16.5. The van der Waals surface area contributed by atoms with Crippen molar-refractivity contribution in [2.24, 2.45) is 0 Å². The van der Waals surface area contributed by atoms with E-state index < -0.39 is 0 Å². The number of ether oxygens (including phenoxy) is 3. The molecule has 0 atom stereocenters. The standard InChI is InChI=1S/C22H33NO3/c1-4-6-13-24-14-10-15-25-17-21-18(3)22(26-16-7-5-2)19-11-8-9-12-20(19)23-21/h8-9,11-12H,4-7,10,13-17H2,1-3H3. The molecule has 0 saturated carbocycles. The third-order valence-corrected chi connectivity index (χ3v) is 4.38.